The van der Waals surface area contributed by atoms with Crippen molar-refractivity contribution >= 4 is 41.6 Å². The van der Waals surface area contributed by atoms with E-state index in [4.69, 9.17) is 26.1 Å². The second-order valence-electron chi connectivity index (χ2n) is 8.99. The minimum Gasteiger partial charge on any atom is -0.478 e. The molecular formula is C28H31N5O9. The zero-order chi connectivity index (χ0) is 31.4. The molecule has 222 valence electrons. The maximum absolute atomic E-state index is 13.1. The van der Waals surface area contributed by atoms with Gasteiger partial charge in [0, 0.05) is 17.7 Å². The first-order chi connectivity index (χ1) is 19.8. The molecule has 0 spiro atoms. The standard InChI is InChI=1S/C24H27N5O5.C4H4O4/c1-3-34-20(31)13-18(15-7-5-4-6-8-15)27-19(30)14-29-22(32)24(2,28-23(29)33)17-11-9-16(10-12-17)21(25)26;5-3(6)1-2-4(7)8/h4-12,18H,3,13-14H2,1-2H3,(H3,25,26)(H,27,30)(H,28,33);1-2H,(H,5,6)(H,7,8)/b;2-1-. The Balaban J connectivity index is 0.000000675. The molecule has 2 unspecified atom stereocenters. The quantitative estimate of drug-likeness (QED) is 0.0731. The monoisotopic (exact) mass is 581 g/mol. The Hall–Kier alpha value is -5.53. The number of nitrogen functional groups attached to an aromatic ring is 1. The summed E-state index contributed by atoms with van der Waals surface area (Å²) in [5.74, 6) is -4.30. The van der Waals surface area contributed by atoms with Crippen LogP contribution in [0.3, 0.4) is 0 Å². The van der Waals surface area contributed by atoms with Crippen molar-refractivity contribution in [2.75, 3.05) is 13.2 Å². The lowest BCUT2D eigenvalue weighted by Crippen LogP contribution is -2.44. The number of aliphatic carboxylic acids is 2. The number of hydrogen-bond acceptors (Lipinski definition) is 8. The minimum absolute atomic E-state index is 0.0933. The summed E-state index contributed by atoms with van der Waals surface area (Å²) < 4.78 is 5.00. The molecule has 2 aromatic rings. The predicted octanol–water partition coefficient (Wildman–Crippen LogP) is 1.26. The number of nitrogens with zero attached hydrogens (tertiary/aromatic N) is 1. The van der Waals surface area contributed by atoms with Gasteiger partial charge in [0.2, 0.25) is 5.91 Å². The number of carboxylic acids is 2. The van der Waals surface area contributed by atoms with Gasteiger partial charge in [-0.25, -0.2) is 14.4 Å². The summed E-state index contributed by atoms with van der Waals surface area (Å²) in [7, 11) is 0. The van der Waals surface area contributed by atoms with Crippen LogP contribution in [0.15, 0.2) is 66.7 Å². The van der Waals surface area contributed by atoms with E-state index in [9.17, 15) is 28.8 Å². The molecule has 7 N–H and O–H groups in total. The SMILES string of the molecule is CCOC(=O)CC(NC(=O)CN1C(=O)NC(C)(c2ccc(C(=N)N)cc2)C1=O)c1ccccc1.O=C(O)/C=C\C(=O)O. The summed E-state index contributed by atoms with van der Waals surface area (Å²) in [6.07, 6.45) is 1.02. The summed E-state index contributed by atoms with van der Waals surface area (Å²) in [5, 5.41) is 28.5. The van der Waals surface area contributed by atoms with Gasteiger partial charge in [-0.2, -0.15) is 0 Å². The van der Waals surface area contributed by atoms with Crippen LogP contribution >= 0.6 is 0 Å². The molecule has 1 aliphatic heterocycles. The van der Waals surface area contributed by atoms with Gasteiger partial charge in [-0.05, 0) is 25.0 Å². The third-order valence-corrected chi connectivity index (χ3v) is 5.93. The van der Waals surface area contributed by atoms with E-state index in [2.05, 4.69) is 10.6 Å². The van der Waals surface area contributed by atoms with Crippen LogP contribution in [0.4, 0.5) is 4.79 Å². The molecule has 3 rings (SSSR count). The number of benzene rings is 2. The predicted molar refractivity (Wildman–Crippen MR) is 148 cm³/mol. The number of urea groups is 1. The van der Waals surface area contributed by atoms with E-state index in [1.54, 1.807) is 62.4 Å². The fraction of sp³-hybridized carbons (Fsp3) is 0.250. The summed E-state index contributed by atoms with van der Waals surface area (Å²) in [6, 6.07) is 13.9. The lowest BCUT2D eigenvalue weighted by atomic mass is 9.91. The van der Waals surface area contributed by atoms with Gasteiger partial charge in [0.05, 0.1) is 19.1 Å². The van der Waals surface area contributed by atoms with E-state index in [-0.39, 0.29) is 18.9 Å². The van der Waals surface area contributed by atoms with Crippen molar-refractivity contribution in [1.82, 2.24) is 15.5 Å². The maximum Gasteiger partial charge on any atom is 0.328 e. The zero-order valence-corrected chi connectivity index (χ0v) is 22.8. The highest BCUT2D eigenvalue weighted by Gasteiger charge is 2.49. The number of rotatable bonds is 11. The number of nitrogens with one attached hydrogen (secondary N) is 3. The summed E-state index contributed by atoms with van der Waals surface area (Å²) in [5.41, 5.74) is 5.75. The number of amidine groups is 1. The molecule has 0 radical (unpaired) electrons. The fourth-order valence-electron chi connectivity index (χ4n) is 3.87. The number of amides is 4. The molecule has 0 aliphatic carbocycles. The van der Waals surface area contributed by atoms with Gasteiger partial charge in [0.1, 0.15) is 17.9 Å². The number of imide groups is 1. The van der Waals surface area contributed by atoms with Gasteiger partial charge in [-0.15, -0.1) is 0 Å². The van der Waals surface area contributed by atoms with Crippen molar-refractivity contribution in [3.63, 3.8) is 0 Å². The van der Waals surface area contributed by atoms with Gasteiger partial charge in [0.25, 0.3) is 5.91 Å². The molecule has 1 aliphatic rings. The highest BCUT2D eigenvalue weighted by molar-refractivity contribution is 6.09. The molecule has 14 heteroatoms. The molecule has 2 aromatic carbocycles. The Labute approximate surface area is 240 Å². The van der Waals surface area contributed by atoms with E-state index in [0.29, 0.717) is 28.8 Å². The minimum atomic E-state index is -1.38. The molecule has 0 saturated carbocycles. The average Bonchev–Trinajstić information content (AvgIpc) is 3.16. The molecule has 1 saturated heterocycles. The van der Waals surface area contributed by atoms with E-state index < -0.39 is 53.9 Å². The molecule has 2 atom stereocenters. The summed E-state index contributed by atoms with van der Waals surface area (Å²) >= 11 is 0. The zero-order valence-electron chi connectivity index (χ0n) is 22.8. The van der Waals surface area contributed by atoms with Gasteiger partial charge < -0.3 is 31.3 Å². The average molecular weight is 582 g/mol. The largest absolute Gasteiger partial charge is 0.478 e. The van der Waals surface area contributed by atoms with Crippen LogP contribution in [0.5, 0.6) is 0 Å². The van der Waals surface area contributed by atoms with Crippen LogP contribution in [0.25, 0.3) is 0 Å². The van der Waals surface area contributed by atoms with Crippen molar-refractivity contribution in [3.8, 4) is 0 Å². The van der Waals surface area contributed by atoms with Gasteiger partial charge in [-0.3, -0.25) is 24.7 Å². The number of ether oxygens (including phenoxy) is 1. The van der Waals surface area contributed by atoms with Gasteiger partial charge in [0.15, 0.2) is 0 Å². The van der Waals surface area contributed by atoms with Crippen LogP contribution in [0.1, 0.15) is 43.0 Å². The molecule has 1 heterocycles. The van der Waals surface area contributed by atoms with E-state index in [1.807, 2.05) is 6.07 Å². The van der Waals surface area contributed by atoms with Crippen molar-refractivity contribution in [2.45, 2.75) is 31.8 Å². The van der Waals surface area contributed by atoms with Crippen LogP contribution < -0.4 is 16.4 Å². The second-order valence-corrected chi connectivity index (χ2v) is 8.99. The van der Waals surface area contributed by atoms with Gasteiger partial charge in [-0.1, -0.05) is 54.6 Å². The Kier molecular flexibility index (Phi) is 11.5. The van der Waals surface area contributed by atoms with Crippen LogP contribution in [-0.2, 0) is 34.2 Å². The van der Waals surface area contributed by atoms with Crippen molar-refractivity contribution in [3.05, 3.63) is 83.4 Å². The number of carboxylic acid groups (broad SMARTS) is 2. The smallest absolute Gasteiger partial charge is 0.328 e. The first-order valence-corrected chi connectivity index (χ1v) is 12.5. The Bertz CT molecular complexity index is 1360. The molecule has 0 aromatic heterocycles. The van der Waals surface area contributed by atoms with E-state index in [0.717, 1.165) is 4.90 Å². The van der Waals surface area contributed by atoms with Crippen molar-refractivity contribution in [2.24, 2.45) is 5.73 Å². The topological polar surface area (TPSA) is 229 Å². The maximum atomic E-state index is 13.1. The Morgan fingerprint density at radius 1 is 1.05 bits per heavy atom. The molecule has 14 nitrogen and oxygen atoms in total. The molecule has 42 heavy (non-hydrogen) atoms. The van der Waals surface area contributed by atoms with Crippen LogP contribution in [0, 0.1) is 5.41 Å². The summed E-state index contributed by atoms with van der Waals surface area (Å²) in [4.78, 5) is 70.5. The fourth-order valence-corrected chi connectivity index (χ4v) is 3.87. The highest BCUT2D eigenvalue weighted by Crippen LogP contribution is 2.29. The van der Waals surface area contributed by atoms with E-state index in [1.165, 1.54) is 0 Å². The molecule has 1 fully saturated rings. The number of esters is 1. The molecule has 0 bridgehead atoms. The van der Waals surface area contributed by atoms with Crippen LogP contribution in [0.2, 0.25) is 0 Å². The lowest BCUT2D eigenvalue weighted by Gasteiger charge is -2.23. The third kappa shape index (κ3) is 9.01. The lowest BCUT2D eigenvalue weighted by molar-refractivity contribution is -0.144. The second kappa shape index (κ2) is 14.7. The highest BCUT2D eigenvalue weighted by atomic mass is 16.5. The molecule has 4 amide bonds. The first-order valence-electron chi connectivity index (χ1n) is 12.5. The Morgan fingerprint density at radius 2 is 1.62 bits per heavy atom. The number of carbonyl (C=O) groups is 6. The van der Waals surface area contributed by atoms with E-state index >= 15 is 0 Å². The van der Waals surface area contributed by atoms with Crippen molar-refractivity contribution in [1.29, 1.82) is 5.41 Å². The number of nitrogens with two attached hydrogens (primary N) is 1. The first kappa shape index (κ1) is 32.7. The molecular weight excluding hydrogens is 550 g/mol. The third-order valence-electron chi connectivity index (χ3n) is 5.93. The van der Waals surface area contributed by atoms with Crippen molar-refractivity contribution < 1.29 is 43.7 Å². The van der Waals surface area contributed by atoms with Gasteiger partial charge >= 0.3 is 23.9 Å². The summed E-state index contributed by atoms with van der Waals surface area (Å²) in [6.45, 7) is 2.93. The van der Waals surface area contributed by atoms with Crippen LogP contribution in [-0.4, -0.2) is 69.9 Å². The Morgan fingerprint density at radius 3 is 2.12 bits per heavy atom. The normalized spacial score (nSPS) is 16.6. The number of hydrogen-bond donors (Lipinski definition) is 6. The number of carbonyl (C=O) groups excluding carboxylic acids is 4.